The Kier molecular flexibility index (Phi) is 3.86. The number of nitrogens with one attached hydrogen (secondary N) is 1. The van der Waals surface area contributed by atoms with Gasteiger partial charge in [-0.2, -0.15) is 5.10 Å². The molecule has 0 saturated carbocycles. The molecule has 5 nitrogen and oxygen atoms in total. The van der Waals surface area contributed by atoms with E-state index in [1.165, 1.54) is 5.01 Å². The Bertz CT molecular complexity index is 499. The van der Waals surface area contributed by atoms with Crippen molar-refractivity contribution < 1.29 is 5.11 Å². The summed E-state index contributed by atoms with van der Waals surface area (Å²) in [7, 11) is 0. The molecule has 1 aromatic carbocycles. The standard InChI is InChI=1S/C12H16N4O.ClH/c1-12(2)7-16(11(13)14)15-10(12)8-5-3-4-6-9(8)17;/h3-6,17H,7H2,1-2H3,(H3,13,14);1H. The second-order valence-electron chi connectivity index (χ2n) is 4.79. The fourth-order valence-corrected chi connectivity index (χ4v) is 1.97. The van der Waals surface area contributed by atoms with Crippen LogP contribution in [0.1, 0.15) is 19.4 Å². The van der Waals surface area contributed by atoms with Crippen LogP contribution in [0.2, 0.25) is 0 Å². The van der Waals surface area contributed by atoms with Gasteiger partial charge in [0.25, 0.3) is 0 Å². The lowest BCUT2D eigenvalue weighted by molar-refractivity contribution is 0.379. The highest BCUT2D eigenvalue weighted by Gasteiger charge is 2.36. The zero-order valence-corrected chi connectivity index (χ0v) is 11.2. The average Bonchev–Trinajstić information content (AvgIpc) is 2.55. The molecule has 0 aromatic heterocycles. The molecule has 0 amide bonds. The molecule has 0 radical (unpaired) electrons. The van der Waals surface area contributed by atoms with Crippen molar-refractivity contribution in [3.63, 3.8) is 0 Å². The summed E-state index contributed by atoms with van der Waals surface area (Å²) in [6.07, 6.45) is 0. The minimum absolute atomic E-state index is 0. The molecule has 0 fully saturated rings. The van der Waals surface area contributed by atoms with Crippen LogP contribution in [0.4, 0.5) is 0 Å². The van der Waals surface area contributed by atoms with Gasteiger partial charge in [-0.15, -0.1) is 12.4 Å². The molecule has 6 heteroatoms. The smallest absolute Gasteiger partial charge is 0.209 e. The molecule has 0 saturated heterocycles. The van der Waals surface area contributed by atoms with E-state index in [9.17, 15) is 5.11 Å². The zero-order valence-electron chi connectivity index (χ0n) is 10.3. The van der Waals surface area contributed by atoms with E-state index in [4.69, 9.17) is 11.1 Å². The lowest BCUT2D eigenvalue weighted by atomic mass is 9.84. The number of aromatic hydroxyl groups is 1. The fraction of sp³-hybridized carbons (Fsp3) is 0.333. The average molecular weight is 269 g/mol. The van der Waals surface area contributed by atoms with Crippen LogP contribution in [0.5, 0.6) is 5.75 Å². The minimum Gasteiger partial charge on any atom is -0.507 e. The molecular weight excluding hydrogens is 252 g/mol. The Morgan fingerprint density at radius 3 is 2.56 bits per heavy atom. The highest BCUT2D eigenvalue weighted by molar-refractivity contribution is 6.08. The maximum atomic E-state index is 9.84. The van der Waals surface area contributed by atoms with Gasteiger partial charge in [-0.25, -0.2) is 5.01 Å². The monoisotopic (exact) mass is 268 g/mol. The SMILES string of the molecule is CC1(C)CN(C(=N)N)N=C1c1ccccc1O.Cl. The number of para-hydroxylation sites is 1. The Labute approximate surface area is 112 Å². The van der Waals surface area contributed by atoms with Gasteiger partial charge in [0.2, 0.25) is 5.96 Å². The molecule has 1 aromatic rings. The van der Waals surface area contributed by atoms with Crippen LogP contribution in [0.15, 0.2) is 29.4 Å². The van der Waals surface area contributed by atoms with Crippen LogP contribution < -0.4 is 5.73 Å². The number of hydrazone groups is 1. The summed E-state index contributed by atoms with van der Waals surface area (Å²) < 4.78 is 0. The summed E-state index contributed by atoms with van der Waals surface area (Å²) in [5, 5.41) is 23.0. The number of nitrogens with two attached hydrogens (primary N) is 1. The third-order valence-corrected chi connectivity index (χ3v) is 2.84. The van der Waals surface area contributed by atoms with Crippen LogP contribution in [-0.4, -0.2) is 28.3 Å². The predicted molar refractivity (Wildman–Crippen MR) is 74.3 cm³/mol. The van der Waals surface area contributed by atoms with E-state index in [1.807, 2.05) is 26.0 Å². The summed E-state index contributed by atoms with van der Waals surface area (Å²) >= 11 is 0. The summed E-state index contributed by atoms with van der Waals surface area (Å²) in [6, 6.07) is 7.07. The van der Waals surface area contributed by atoms with Gasteiger partial charge in [-0.05, 0) is 12.1 Å². The molecule has 1 heterocycles. The number of phenols is 1. The van der Waals surface area contributed by atoms with Gasteiger partial charge >= 0.3 is 0 Å². The van der Waals surface area contributed by atoms with Crippen LogP contribution >= 0.6 is 12.4 Å². The number of hydrogen-bond donors (Lipinski definition) is 3. The van der Waals surface area contributed by atoms with Crippen molar-refractivity contribution in [2.24, 2.45) is 16.3 Å². The van der Waals surface area contributed by atoms with E-state index < -0.39 is 0 Å². The van der Waals surface area contributed by atoms with Gasteiger partial charge in [0.1, 0.15) is 5.75 Å². The quantitative estimate of drug-likeness (QED) is 0.536. The second kappa shape index (κ2) is 4.86. The zero-order chi connectivity index (χ0) is 12.6. The van der Waals surface area contributed by atoms with Gasteiger partial charge in [-0.3, -0.25) is 5.41 Å². The number of nitrogens with zero attached hydrogens (tertiary/aromatic N) is 2. The third-order valence-electron chi connectivity index (χ3n) is 2.84. The van der Waals surface area contributed by atoms with Gasteiger partial charge in [0.15, 0.2) is 0 Å². The van der Waals surface area contributed by atoms with Gasteiger partial charge in [0.05, 0.1) is 12.3 Å². The fourth-order valence-electron chi connectivity index (χ4n) is 1.97. The third kappa shape index (κ3) is 2.41. The van der Waals surface area contributed by atoms with Crippen LogP contribution in [0.25, 0.3) is 0 Å². The van der Waals surface area contributed by atoms with E-state index in [-0.39, 0.29) is 29.5 Å². The summed E-state index contributed by atoms with van der Waals surface area (Å²) in [6.45, 7) is 4.58. The van der Waals surface area contributed by atoms with E-state index >= 15 is 0 Å². The molecule has 98 valence electrons. The van der Waals surface area contributed by atoms with Crippen LogP contribution in [0.3, 0.4) is 0 Å². The lowest BCUT2D eigenvalue weighted by Crippen LogP contribution is -2.34. The highest BCUT2D eigenvalue weighted by atomic mass is 35.5. The number of guanidine groups is 1. The van der Waals surface area contributed by atoms with E-state index in [1.54, 1.807) is 12.1 Å². The van der Waals surface area contributed by atoms with E-state index in [0.717, 1.165) is 5.71 Å². The van der Waals surface area contributed by atoms with E-state index in [2.05, 4.69) is 5.10 Å². The normalized spacial score (nSPS) is 17.0. The minimum atomic E-state index is -0.246. The largest absolute Gasteiger partial charge is 0.507 e. The van der Waals surface area contributed by atoms with Crippen molar-refractivity contribution in [3.8, 4) is 5.75 Å². The topological polar surface area (TPSA) is 85.7 Å². The molecule has 0 bridgehead atoms. The van der Waals surface area contributed by atoms with Crippen molar-refractivity contribution in [1.29, 1.82) is 5.41 Å². The maximum Gasteiger partial charge on any atom is 0.209 e. The molecule has 1 aliphatic heterocycles. The summed E-state index contributed by atoms with van der Waals surface area (Å²) in [4.78, 5) is 0. The molecule has 2 rings (SSSR count). The number of phenolic OH excluding ortho intramolecular Hbond substituents is 1. The lowest BCUT2D eigenvalue weighted by Gasteiger charge is -2.20. The molecule has 18 heavy (non-hydrogen) atoms. The first-order valence-corrected chi connectivity index (χ1v) is 5.41. The van der Waals surface area contributed by atoms with Gasteiger partial charge < -0.3 is 10.8 Å². The Balaban J connectivity index is 0.00000162. The first-order valence-electron chi connectivity index (χ1n) is 5.41. The van der Waals surface area contributed by atoms with E-state index in [0.29, 0.717) is 12.1 Å². The van der Waals surface area contributed by atoms with Gasteiger partial charge in [0, 0.05) is 11.0 Å². The number of rotatable bonds is 1. The Hall–Kier alpha value is -1.75. The van der Waals surface area contributed by atoms with Crippen molar-refractivity contribution in [3.05, 3.63) is 29.8 Å². The number of hydrogen-bond acceptors (Lipinski definition) is 3. The first-order chi connectivity index (χ1) is 7.92. The number of benzene rings is 1. The molecule has 0 unspecified atom stereocenters. The van der Waals surface area contributed by atoms with Crippen molar-refractivity contribution >= 4 is 24.1 Å². The molecular formula is C12H17ClN4O. The Morgan fingerprint density at radius 2 is 2.06 bits per heavy atom. The molecule has 1 aliphatic rings. The predicted octanol–water partition coefficient (Wildman–Crippen LogP) is 1.75. The van der Waals surface area contributed by atoms with Crippen LogP contribution in [0, 0.1) is 10.8 Å². The molecule has 0 aliphatic carbocycles. The molecule has 0 spiro atoms. The Morgan fingerprint density at radius 1 is 1.44 bits per heavy atom. The first kappa shape index (κ1) is 14.3. The highest BCUT2D eigenvalue weighted by Crippen LogP contribution is 2.33. The molecule has 0 atom stereocenters. The van der Waals surface area contributed by atoms with Crippen molar-refractivity contribution in [2.75, 3.05) is 6.54 Å². The number of halogens is 1. The second-order valence-corrected chi connectivity index (χ2v) is 4.79. The summed E-state index contributed by atoms with van der Waals surface area (Å²) in [5.74, 6) is 0.119. The van der Waals surface area contributed by atoms with Crippen molar-refractivity contribution in [1.82, 2.24) is 5.01 Å². The summed E-state index contributed by atoms with van der Waals surface area (Å²) in [5.41, 5.74) is 6.64. The molecule has 4 N–H and O–H groups in total. The van der Waals surface area contributed by atoms with Crippen LogP contribution in [-0.2, 0) is 0 Å². The van der Waals surface area contributed by atoms with Gasteiger partial charge in [-0.1, -0.05) is 26.0 Å². The van der Waals surface area contributed by atoms with Crippen molar-refractivity contribution in [2.45, 2.75) is 13.8 Å². The maximum absolute atomic E-state index is 9.84.